The number of para-hydroxylation sites is 1. The number of benzene rings is 4. The summed E-state index contributed by atoms with van der Waals surface area (Å²) in [5, 5.41) is 2.30. The normalized spacial score (nSPS) is 11.1. The van der Waals surface area contributed by atoms with Gasteiger partial charge in [0.2, 0.25) is 0 Å². The van der Waals surface area contributed by atoms with Gasteiger partial charge in [0.15, 0.2) is 0 Å². The molecule has 0 saturated heterocycles. The van der Waals surface area contributed by atoms with Crippen LogP contribution >= 0.6 is 0 Å². The van der Waals surface area contributed by atoms with Crippen molar-refractivity contribution >= 4 is 33.3 Å². The smallest absolute Gasteiger partial charge is 0.137 e. The maximum atomic E-state index is 6.03. The van der Waals surface area contributed by atoms with E-state index in [2.05, 4.69) is 84.7 Å². The Hall–Kier alpha value is -3.52. The molecule has 0 fully saturated rings. The maximum Gasteiger partial charge on any atom is 0.137 e. The maximum absolute atomic E-state index is 6.03. The number of hydrogen-bond acceptors (Lipinski definition) is 2. The first kappa shape index (κ1) is 15.7. The third kappa shape index (κ3) is 2.67. The molecule has 0 spiro atoms. The van der Waals surface area contributed by atoms with Crippen molar-refractivity contribution in [1.29, 1.82) is 0 Å². The zero-order valence-electron chi connectivity index (χ0n) is 15.1. The van der Waals surface area contributed by atoms with Gasteiger partial charge < -0.3 is 9.32 Å². The molecule has 2 heteroatoms. The highest BCUT2D eigenvalue weighted by atomic mass is 16.3. The molecule has 1 heterocycles. The first-order chi connectivity index (χ1) is 13.3. The Balaban J connectivity index is 1.59. The van der Waals surface area contributed by atoms with Crippen LogP contribution in [0.3, 0.4) is 0 Å². The fourth-order valence-electron chi connectivity index (χ4n) is 3.68. The molecule has 4 aromatic carbocycles. The van der Waals surface area contributed by atoms with Gasteiger partial charge in [-0.15, -0.1) is 0 Å². The first-order valence-corrected chi connectivity index (χ1v) is 9.11. The minimum absolute atomic E-state index is 0.918. The monoisotopic (exact) mass is 349 g/mol. The number of fused-ring (bicyclic) bond motifs is 3. The van der Waals surface area contributed by atoms with Crippen LogP contribution in [0.25, 0.3) is 33.1 Å². The zero-order valence-corrected chi connectivity index (χ0v) is 15.1. The van der Waals surface area contributed by atoms with E-state index >= 15 is 0 Å². The average molecular weight is 349 g/mol. The van der Waals surface area contributed by atoms with Crippen molar-refractivity contribution in [2.24, 2.45) is 0 Å². The molecule has 1 aromatic heterocycles. The van der Waals surface area contributed by atoms with E-state index in [0.29, 0.717) is 0 Å². The molecule has 2 nitrogen and oxygen atoms in total. The van der Waals surface area contributed by atoms with E-state index in [1.165, 1.54) is 11.1 Å². The molecular weight excluding hydrogens is 330 g/mol. The van der Waals surface area contributed by atoms with Crippen molar-refractivity contribution in [3.05, 3.63) is 97.1 Å². The van der Waals surface area contributed by atoms with Crippen molar-refractivity contribution < 1.29 is 4.42 Å². The lowest BCUT2D eigenvalue weighted by molar-refractivity contribution is 0.669. The van der Waals surface area contributed by atoms with E-state index in [9.17, 15) is 0 Å². The Morgan fingerprint density at radius 2 is 1.26 bits per heavy atom. The van der Waals surface area contributed by atoms with Crippen LogP contribution in [-0.4, -0.2) is 7.05 Å². The number of furan rings is 1. The second-order valence-electron chi connectivity index (χ2n) is 6.72. The third-order valence-electron chi connectivity index (χ3n) is 5.10. The van der Waals surface area contributed by atoms with E-state index in [0.717, 1.165) is 33.3 Å². The summed E-state index contributed by atoms with van der Waals surface area (Å²) in [4.78, 5) is 2.22. The second kappa shape index (κ2) is 6.33. The van der Waals surface area contributed by atoms with Crippen LogP contribution in [0.4, 0.5) is 11.4 Å². The third-order valence-corrected chi connectivity index (χ3v) is 5.10. The molecule has 5 rings (SSSR count). The van der Waals surface area contributed by atoms with Crippen molar-refractivity contribution in [3.63, 3.8) is 0 Å². The van der Waals surface area contributed by atoms with Crippen LogP contribution in [-0.2, 0) is 0 Å². The van der Waals surface area contributed by atoms with E-state index < -0.39 is 0 Å². The van der Waals surface area contributed by atoms with Crippen molar-refractivity contribution in [1.82, 2.24) is 0 Å². The van der Waals surface area contributed by atoms with E-state index in [1.807, 2.05) is 24.3 Å². The molecule has 0 aliphatic carbocycles. The molecule has 0 amide bonds. The predicted molar refractivity (Wildman–Crippen MR) is 114 cm³/mol. The standard InChI is InChI=1S/C25H19NO/c1-26(20-16-14-19(15-17-20)18-8-3-2-4-9-18)22-11-7-13-24-25(22)21-10-5-6-12-23(21)27-24/h2-17H,1H3. The van der Waals surface area contributed by atoms with Gasteiger partial charge in [0, 0.05) is 18.1 Å². The van der Waals surface area contributed by atoms with Crippen LogP contribution in [0.1, 0.15) is 0 Å². The second-order valence-corrected chi connectivity index (χ2v) is 6.72. The highest BCUT2D eigenvalue weighted by Gasteiger charge is 2.14. The number of hydrogen-bond donors (Lipinski definition) is 0. The summed E-state index contributed by atoms with van der Waals surface area (Å²) in [5.41, 5.74) is 6.58. The molecule has 27 heavy (non-hydrogen) atoms. The van der Waals surface area contributed by atoms with Gasteiger partial charge in [0.1, 0.15) is 11.2 Å². The Bertz CT molecular complexity index is 1220. The largest absolute Gasteiger partial charge is 0.456 e. The summed E-state index contributed by atoms with van der Waals surface area (Å²) < 4.78 is 6.03. The van der Waals surface area contributed by atoms with Gasteiger partial charge in [0.05, 0.1) is 11.1 Å². The quantitative estimate of drug-likeness (QED) is 0.348. The summed E-state index contributed by atoms with van der Waals surface area (Å²) in [6.07, 6.45) is 0. The Morgan fingerprint density at radius 1 is 0.593 bits per heavy atom. The lowest BCUT2D eigenvalue weighted by Gasteiger charge is -2.21. The minimum atomic E-state index is 0.918. The summed E-state index contributed by atoms with van der Waals surface area (Å²) >= 11 is 0. The molecule has 0 N–H and O–H groups in total. The van der Waals surface area contributed by atoms with Gasteiger partial charge in [-0.1, -0.05) is 66.7 Å². The molecule has 0 saturated carbocycles. The molecule has 0 unspecified atom stereocenters. The topological polar surface area (TPSA) is 16.4 Å². The van der Waals surface area contributed by atoms with Crippen molar-refractivity contribution in [3.8, 4) is 11.1 Å². The minimum Gasteiger partial charge on any atom is -0.456 e. The summed E-state index contributed by atoms with van der Waals surface area (Å²) in [6, 6.07) is 33.6. The fourth-order valence-corrected chi connectivity index (χ4v) is 3.68. The Kier molecular flexibility index (Phi) is 3.68. The number of rotatable bonds is 3. The van der Waals surface area contributed by atoms with Crippen LogP contribution in [0.15, 0.2) is 101 Å². The first-order valence-electron chi connectivity index (χ1n) is 9.11. The zero-order chi connectivity index (χ0) is 18.2. The summed E-state index contributed by atoms with van der Waals surface area (Å²) in [5.74, 6) is 0. The summed E-state index contributed by atoms with van der Waals surface area (Å²) in [6.45, 7) is 0. The molecular formula is C25H19NO. The SMILES string of the molecule is CN(c1ccc(-c2ccccc2)cc1)c1cccc2oc3ccccc3c12. The van der Waals surface area contributed by atoms with Gasteiger partial charge in [0.25, 0.3) is 0 Å². The van der Waals surface area contributed by atoms with Gasteiger partial charge in [-0.3, -0.25) is 0 Å². The van der Waals surface area contributed by atoms with Gasteiger partial charge in [-0.25, -0.2) is 0 Å². The van der Waals surface area contributed by atoms with Crippen LogP contribution in [0.5, 0.6) is 0 Å². The Morgan fingerprint density at radius 3 is 2.07 bits per heavy atom. The molecule has 0 atom stereocenters. The Labute approximate surface area is 158 Å². The number of nitrogens with zero attached hydrogens (tertiary/aromatic N) is 1. The lowest BCUT2D eigenvalue weighted by Crippen LogP contribution is -2.09. The molecule has 0 aliphatic heterocycles. The molecule has 0 radical (unpaired) electrons. The van der Waals surface area contributed by atoms with Crippen molar-refractivity contribution in [2.75, 3.05) is 11.9 Å². The highest BCUT2D eigenvalue weighted by molar-refractivity contribution is 6.12. The predicted octanol–water partition coefficient (Wildman–Crippen LogP) is 7.02. The molecule has 5 aromatic rings. The van der Waals surface area contributed by atoms with E-state index in [4.69, 9.17) is 4.42 Å². The number of anilines is 2. The summed E-state index contributed by atoms with van der Waals surface area (Å²) in [7, 11) is 2.11. The average Bonchev–Trinajstić information content (AvgIpc) is 3.13. The van der Waals surface area contributed by atoms with E-state index in [1.54, 1.807) is 0 Å². The molecule has 0 bridgehead atoms. The highest BCUT2D eigenvalue weighted by Crippen LogP contribution is 2.38. The van der Waals surface area contributed by atoms with Gasteiger partial charge in [-0.05, 0) is 41.5 Å². The van der Waals surface area contributed by atoms with Crippen LogP contribution in [0.2, 0.25) is 0 Å². The van der Waals surface area contributed by atoms with Crippen LogP contribution < -0.4 is 4.90 Å². The van der Waals surface area contributed by atoms with E-state index in [-0.39, 0.29) is 0 Å². The lowest BCUT2D eigenvalue weighted by atomic mass is 10.0. The van der Waals surface area contributed by atoms with Crippen LogP contribution in [0, 0.1) is 0 Å². The van der Waals surface area contributed by atoms with Gasteiger partial charge >= 0.3 is 0 Å². The van der Waals surface area contributed by atoms with Crippen molar-refractivity contribution in [2.45, 2.75) is 0 Å². The molecule has 0 aliphatic rings. The fraction of sp³-hybridized carbons (Fsp3) is 0.0400. The molecule has 130 valence electrons. The van der Waals surface area contributed by atoms with Gasteiger partial charge in [-0.2, -0.15) is 0 Å².